The van der Waals surface area contributed by atoms with Gasteiger partial charge in [-0.25, -0.2) is 4.39 Å². The van der Waals surface area contributed by atoms with E-state index in [-0.39, 0.29) is 23.5 Å². The first-order valence-electron chi connectivity index (χ1n) is 9.01. The molecule has 1 atom stereocenters. The van der Waals surface area contributed by atoms with Crippen LogP contribution in [0.25, 0.3) is 11.1 Å². The van der Waals surface area contributed by atoms with Crippen LogP contribution in [0.4, 0.5) is 10.1 Å². The molecule has 0 aliphatic carbocycles. The predicted octanol–water partition coefficient (Wildman–Crippen LogP) is 4.08. The molecule has 1 heterocycles. The number of amides is 2. The summed E-state index contributed by atoms with van der Waals surface area (Å²) >= 11 is 0. The third kappa shape index (κ3) is 4.28. The highest BCUT2D eigenvalue weighted by Gasteiger charge is 2.27. The maximum Gasteiger partial charge on any atom is 0.229 e. The Morgan fingerprint density at radius 3 is 2.62 bits per heavy atom. The maximum atomic E-state index is 13.3. The van der Waals surface area contributed by atoms with Crippen LogP contribution in [0.1, 0.15) is 26.2 Å². The predicted molar refractivity (Wildman–Crippen MR) is 100 cm³/mol. The molecule has 2 aromatic rings. The summed E-state index contributed by atoms with van der Waals surface area (Å²) in [6.07, 6.45) is 2.11. The SMILES string of the molecule is CCC(=O)N1CCC[C@H](C(=O)Nc2ccc(-c3cccc(F)c3)cc2)C1. The highest BCUT2D eigenvalue weighted by atomic mass is 19.1. The van der Waals surface area contributed by atoms with Gasteiger partial charge >= 0.3 is 0 Å². The summed E-state index contributed by atoms with van der Waals surface area (Å²) in [4.78, 5) is 26.2. The van der Waals surface area contributed by atoms with Crippen molar-refractivity contribution in [1.29, 1.82) is 0 Å². The Morgan fingerprint density at radius 1 is 1.15 bits per heavy atom. The van der Waals surface area contributed by atoms with Crippen LogP contribution in [0.15, 0.2) is 48.5 Å². The molecule has 1 aliphatic rings. The van der Waals surface area contributed by atoms with Crippen molar-refractivity contribution in [2.24, 2.45) is 5.92 Å². The molecule has 2 aromatic carbocycles. The summed E-state index contributed by atoms with van der Waals surface area (Å²) in [6, 6.07) is 13.8. The van der Waals surface area contributed by atoms with E-state index < -0.39 is 0 Å². The van der Waals surface area contributed by atoms with Crippen molar-refractivity contribution < 1.29 is 14.0 Å². The van der Waals surface area contributed by atoms with E-state index in [0.717, 1.165) is 30.5 Å². The third-order valence-corrected chi connectivity index (χ3v) is 4.76. The molecule has 0 unspecified atom stereocenters. The summed E-state index contributed by atoms with van der Waals surface area (Å²) in [7, 11) is 0. The molecule has 5 heteroatoms. The minimum absolute atomic E-state index is 0.0582. The van der Waals surface area contributed by atoms with E-state index in [1.165, 1.54) is 12.1 Å². The molecule has 0 saturated carbocycles. The number of hydrogen-bond acceptors (Lipinski definition) is 2. The Labute approximate surface area is 153 Å². The molecule has 1 fully saturated rings. The molecule has 0 aromatic heterocycles. The van der Waals surface area contributed by atoms with Crippen LogP contribution in [-0.2, 0) is 9.59 Å². The summed E-state index contributed by atoms with van der Waals surface area (Å²) < 4.78 is 13.3. The lowest BCUT2D eigenvalue weighted by molar-refractivity contribution is -0.134. The van der Waals surface area contributed by atoms with Crippen LogP contribution >= 0.6 is 0 Å². The van der Waals surface area contributed by atoms with E-state index in [9.17, 15) is 14.0 Å². The molecule has 4 nitrogen and oxygen atoms in total. The normalized spacial score (nSPS) is 17.0. The van der Waals surface area contributed by atoms with Gasteiger partial charge < -0.3 is 10.2 Å². The number of piperidine rings is 1. The van der Waals surface area contributed by atoms with Crippen LogP contribution in [0.3, 0.4) is 0 Å². The molecule has 1 aliphatic heterocycles. The molecule has 136 valence electrons. The Balaban J connectivity index is 1.63. The molecule has 2 amide bonds. The molecule has 0 radical (unpaired) electrons. The van der Waals surface area contributed by atoms with Crippen molar-refractivity contribution in [3.8, 4) is 11.1 Å². The number of nitrogens with one attached hydrogen (secondary N) is 1. The van der Waals surface area contributed by atoms with Gasteiger partial charge in [0, 0.05) is 25.2 Å². The summed E-state index contributed by atoms with van der Waals surface area (Å²) in [5.74, 6) is -0.412. The first-order chi connectivity index (χ1) is 12.6. The topological polar surface area (TPSA) is 49.4 Å². The van der Waals surface area contributed by atoms with Crippen molar-refractivity contribution in [3.05, 3.63) is 54.3 Å². The van der Waals surface area contributed by atoms with Gasteiger partial charge in [0.15, 0.2) is 0 Å². The van der Waals surface area contributed by atoms with Gasteiger partial charge in [0.1, 0.15) is 5.82 Å². The van der Waals surface area contributed by atoms with Crippen LogP contribution in [-0.4, -0.2) is 29.8 Å². The zero-order valence-electron chi connectivity index (χ0n) is 14.9. The van der Waals surface area contributed by atoms with Crippen LogP contribution in [0.2, 0.25) is 0 Å². The lowest BCUT2D eigenvalue weighted by atomic mass is 9.96. The van der Waals surface area contributed by atoms with E-state index in [0.29, 0.717) is 18.7 Å². The van der Waals surface area contributed by atoms with Crippen LogP contribution in [0.5, 0.6) is 0 Å². The van der Waals surface area contributed by atoms with Crippen molar-refractivity contribution in [2.75, 3.05) is 18.4 Å². The smallest absolute Gasteiger partial charge is 0.229 e. The fraction of sp³-hybridized carbons (Fsp3) is 0.333. The van der Waals surface area contributed by atoms with Gasteiger partial charge in [-0.2, -0.15) is 0 Å². The van der Waals surface area contributed by atoms with Gasteiger partial charge in [-0.1, -0.05) is 31.2 Å². The number of rotatable bonds is 4. The second-order valence-corrected chi connectivity index (χ2v) is 6.61. The Kier molecular flexibility index (Phi) is 5.66. The number of halogens is 1. The average molecular weight is 354 g/mol. The van der Waals surface area contributed by atoms with Crippen molar-refractivity contribution in [3.63, 3.8) is 0 Å². The van der Waals surface area contributed by atoms with Gasteiger partial charge in [-0.3, -0.25) is 9.59 Å². The second kappa shape index (κ2) is 8.13. The Morgan fingerprint density at radius 2 is 1.92 bits per heavy atom. The number of carbonyl (C=O) groups excluding carboxylic acids is 2. The van der Waals surface area contributed by atoms with E-state index in [1.54, 1.807) is 11.0 Å². The number of hydrogen-bond donors (Lipinski definition) is 1. The highest BCUT2D eigenvalue weighted by Crippen LogP contribution is 2.23. The minimum Gasteiger partial charge on any atom is -0.342 e. The number of nitrogens with zero attached hydrogens (tertiary/aromatic N) is 1. The van der Waals surface area contributed by atoms with Gasteiger partial charge in [-0.15, -0.1) is 0 Å². The first-order valence-corrected chi connectivity index (χ1v) is 9.01. The molecule has 1 N–H and O–H groups in total. The van der Waals surface area contributed by atoms with Crippen LogP contribution in [0, 0.1) is 11.7 Å². The van der Waals surface area contributed by atoms with E-state index in [1.807, 2.05) is 37.3 Å². The lowest BCUT2D eigenvalue weighted by Crippen LogP contribution is -2.43. The van der Waals surface area contributed by atoms with E-state index in [4.69, 9.17) is 0 Å². The molecular formula is C21H23FN2O2. The molecular weight excluding hydrogens is 331 g/mol. The van der Waals surface area contributed by atoms with E-state index in [2.05, 4.69) is 5.32 Å². The molecule has 0 bridgehead atoms. The Bertz CT molecular complexity index is 789. The van der Waals surface area contributed by atoms with Crippen LogP contribution < -0.4 is 5.32 Å². The number of anilines is 1. The quantitative estimate of drug-likeness (QED) is 0.899. The van der Waals surface area contributed by atoms with Crippen molar-refractivity contribution in [1.82, 2.24) is 4.90 Å². The summed E-state index contributed by atoms with van der Waals surface area (Å²) in [5, 5.41) is 2.93. The molecule has 1 saturated heterocycles. The fourth-order valence-electron chi connectivity index (χ4n) is 3.30. The molecule has 0 spiro atoms. The molecule has 26 heavy (non-hydrogen) atoms. The lowest BCUT2D eigenvalue weighted by Gasteiger charge is -2.31. The standard InChI is InChI=1S/C21H23FN2O2/c1-2-20(25)24-12-4-6-17(14-24)21(26)23-19-10-8-15(9-11-19)16-5-3-7-18(22)13-16/h3,5,7-11,13,17H,2,4,6,12,14H2,1H3,(H,23,26)/t17-/m0/s1. The highest BCUT2D eigenvalue weighted by molar-refractivity contribution is 5.93. The van der Waals surface area contributed by atoms with Crippen molar-refractivity contribution >= 4 is 17.5 Å². The first kappa shape index (κ1) is 18.1. The maximum absolute atomic E-state index is 13.3. The summed E-state index contributed by atoms with van der Waals surface area (Å²) in [6.45, 7) is 3.06. The van der Waals surface area contributed by atoms with Gasteiger partial charge in [-0.05, 0) is 48.2 Å². The zero-order valence-corrected chi connectivity index (χ0v) is 14.9. The third-order valence-electron chi connectivity index (χ3n) is 4.76. The Hall–Kier alpha value is -2.69. The summed E-state index contributed by atoms with van der Waals surface area (Å²) in [5.41, 5.74) is 2.39. The largest absolute Gasteiger partial charge is 0.342 e. The van der Waals surface area contributed by atoms with Gasteiger partial charge in [0.2, 0.25) is 11.8 Å². The average Bonchev–Trinajstić information content (AvgIpc) is 2.68. The fourth-order valence-corrected chi connectivity index (χ4v) is 3.30. The zero-order chi connectivity index (χ0) is 18.5. The number of benzene rings is 2. The molecule has 3 rings (SSSR count). The van der Waals surface area contributed by atoms with Gasteiger partial charge in [0.25, 0.3) is 0 Å². The minimum atomic E-state index is -0.275. The monoisotopic (exact) mass is 354 g/mol. The van der Waals surface area contributed by atoms with Gasteiger partial charge in [0.05, 0.1) is 5.92 Å². The van der Waals surface area contributed by atoms with E-state index >= 15 is 0 Å². The van der Waals surface area contributed by atoms with Crippen molar-refractivity contribution in [2.45, 2.75) is 26.2 Å². The number of likely N-dealkylation sites (tertiary alicyclic amines) is 1. The number of carbonyl (C=O) groups is 2. The second-order valence-electron chi connectivity index (χ2n) is 6.61.